The predicted molar refractivity (Wildman–Crippen MR) is 135 cm³/mol. The molecule has 174 valence electrons. The van der Waals surface area contributed by atoms with Crippen LogP contribution in [0.4, 0.5) is 0 Å². The van der Waals surface area contributed by atoms with Crippen LogP contribution < -0.4 is 5.73 Å². The molecule has 34 heavy (non-hydrogen) atoms. The summed E-state index contributed by atoms with van der Waals surface area (Å²) >= 11 is 6.03. The Kier molecular flexibility index (Phi) is 6.04. The first-order valence-electron chi connectivity index (χ1n) is 11.1. The molecule has 1 aliphatic rings. The number of hydrogen-bond donors (Lipinski definition) is 1. The highest BCUT2D eigenvalue weighted by Crippen LogP contribution is 2.26. The Balaban J connectivity index is 1.31. The highest BCUT2D eigenvalue weighted by Gasteiger charge is 2.30. The van der Waals surface area contributed by atoms with Gasteiger partial charge in [-0.2, -0.15) is 4.31 Å². The first-order valence-corrected chi connectivity index (χ1v) is 12.9. The molecule has 0 aliphatic carbocycles. The van der Waals surface area contributed by atoms with Gasteiger partial charge in [0.1, 0.15) is 0 Å². The lowest BCUT2D eigenvalue weighted by molar-refractivity contribution is 0.0698. The largest absolute Gasteiger partial charge is 0.336 e. The van der Waals surface area contributed by atoms with E-state index in [4.69, 9.17) is 17.3 Å². The van der Waals surface area contributed by atoms with Gasteiger partial charge in [0.2, 0.25) is 10.0 Å². The van der Waals surface area contributed by atoms with Gasteiger partial charge < -0.3 is 10.6 Å². The standard InChI is InChI=1S/C26H24ClN3O3S/c27-24-7-5-21-16-25(8-6-20(21)15-24)34(32,33)30-11-9-29(10-12-30)26(31)22-4-3-19-2-1-18(17-28)13-23(19)14-22/h1-8,13-16H,9-12,17,28H2. The van der Waals surface area contributed by atoms with Crippen molar-refractivity contribution >= 4 is 49.1 Å². The van der Waals surface area contributed by atoms with E-state index in [0.717, 1.165) is 27.1 Å². The van der Waals surface area contributed by atoms with Gasteiger partial charge in [0.05, 0.1) is 4.90 Å². The number of nitrogens with two attached hydrogens (primary N) is 1. The SMILES string of the molecule is NCc1ccc2ccc(C(=O)N3CCN(S(=O)(=O)c4ccc5cc(Cl)ccc5c4)CC3)cc2c1. The number of carbonyl (C=O) groups is 1. The minimum atomic E-state index is -3.66. The van der Waals surface area contributed by atoms with Gasteiger partial charge in [0.25, 0.3) is 5.91 Å². The second-order valence-electron chi connectivity index (χ2n) is 8.45. The third kappa shape index (κ3) is 4.28. The molecule has 6 nitrogen and oxygen atoms in total. The Morgan fingerprint density at radius 1 is 0.794 bits per heavy atom. The molecule has 0 radical (unpaired) electrons. The maximum absolute atomic E-state index is 13.2. The van der Waals surface area contributed by atoms with Crippen LogP contribution in [0.1, 0.15) is 15.9 Å². The zero-order chi connectivity index (χ0) is 23.9. The summed E-state index contributed by atoms with van der Waals surface area (Å²) in [5, 5.41) is 4.31. The van der Waals surface area contributed by atoms with Crippen LogP contribution in [-0.2, 0) is 16.6 Å². The van der Waals surface area contributed by atoms with Crippen molar-refractivity contribution in [2.45, 2.75) is 11.4 Å². The summed E-state index contributed by atoms with van der Waals surface area (Å²) in [5.41, 5.74) is 7.34. The fraction of sp³-hybridized carbons (Fsp3) is 0.192. The van der Waals surface area contributed by atoms with Crippen molar-refractivity contribution < 1.29 is 13.2 Å². The molecule has 1 amide bonds. The molecule has 0 atom stereocenters. The fourth-order valence-electron chi connectivity index (χ4n) is 4.37. The van der Waals surface area contributed by atoms with Crippen molar-refractivity contribution in [3.63, 3.8) is 0 Å². The third-order valence-corrected chi connectivity index (χ3v) is 8.45. The third-order valence-electron chi connectivity index (χ3n) is 6.32. The number of nitrogens with zero attached hydrogens (tertiary/aromatic N) is 2. The van der Waals surface area contributed by atoms with Crippen molar-refractivity contribution in [2.24, 2.45) is 5.73 Å². The second kappa shape index (κ2) is 9.00. The summed E-state index contributed by atoms with van der Waals surface area (Å²) in [4.78, 5) is 15.1. The average Bonchev–Trinajstić information content (AvgIpc) is 2.87. The monoisotopic (exact) mass is 493 g/mol. The van der Waals surface area contributed by atoms with Crippen LogP contribution in [0.25, 0.3) is 21.5 Å². The molecule has 0 bridgehead atoms. The van der Waals surface area contributed by atoms with Crippen molar-refractivity contribution in [3.05, 3.63) is 88.9 Å². The molecular weight excluding hydrogens is 470 g/mol. The molecule has 0 saturated carbocycles. The maximum atomic E-state index is 13.2. The van der Waals surface area contributed by atoms with E-state index in [1.165, 1.54) is 4.31 Å². The predicted octanol–water partition coefficient (Wildman–Crippen LogP) is 4.25. The summed E-state index contributed by atoms with van der Waals surface area (Å²) in [6.45, 7) is 1.61. The molecule has 2 N–H and O–H groups in total. The van der Waals surface area contributed by atoms with Crippen LogP contribution in [0.2, 0.25) is 5.02 Å². The number of fused-ring (bicyclic) bond motifs is 2. The highest BCUT2D eigenvalue weighted by molar-refractivity contribution is 7.89. The number of amides is 1. The van der Waals surface area contributed by atoms with Crippen LogP contribution in [0.15, 0.2) is 77.7 Å². The summed E-state index contributed by atoms with van der Waals surface area (Å²) in [6, 6.07) is 22.0. The van der Waals surface area contributed by atoms with Gasteiger partial charge in [-0.3, -0.25) is 4.79 Å². The lowest BCUT2D eigenvalue weighted by Gasteiger charge is -2.34. The van der Waals surface area contributed by atoms with E-state index in [-0.39, 0.29) is 23.9 Å². The van der Waals surface area contributed by atoms with Crippen LogP contribution in [0.3, 0.4) is 0 Å². The number of hydrogen-bond acceptors (Lipinski definition) is 4. The van der Waals surface area contributed by atoms with E-state index in [0.29, 0.717) is 30.2 Å². The highest BCUT2D eigenvalue weighted by atomic mass is 35.5. The van der Waals surface area contributed by atoms with E-state index >= 15 is 0 Å². The topological polar surface area (TPSA) is 83.7 Å². The summed E-state index contributed by atoms with van der Waals surface area (Å²) in [6.07, 6.45) is 0. The number of rotatable bonds is 4. The molecular formula is C26H24ClN3O3S. The molecule has 1 heterocycles. The van der Waals surface area contributed by atoms with E-state index < -0.39 is 10.0 Å². The zero-order valence-corrected chi connectivity index (χ0v) is 20.0. The molecule has 4 aromatic rings. The fourth-order valence-corrected chi connectivity index (χ4v) is 6.01. The van der Waals surface area contributed by atoms with Gasteiger partial charge in [0, 0.05) is 43.3 Å². The smallest absolute Gasteiger partial charge is 0.253 e. The summed E-state index contributed by atoms with van der Waals surface area (Å²) in [7, 11) is -3.66. The Hall–Kier alpha value is -2.97. The van der Waals surface area contributed by atoms with Gasteiger partial charge in [-0.1, -0.05) is 41.9 Å². The number of sulfonamides is 1. The number of carbonyl (C=O) groups excluding carboxylic acids is 1. The molecule has 1 saturated heterocycles. The number of piperazine rings is 1. The molecule has 1 fully saturated rings. The van der Waals surface area contributed by atoms with Crippen molar-refractivity contribution in [2.75, 3.05) is 26.2 Å². The molecule has 0 unspecified atom stereocenters. The van der Waals surface area contributed by atoms with E-state index in [1.807, 2.05) is 42.5 Å². The van der Waals surface area contributed by atoms with Crippen LogP contribution >= 0.6 is 11.6 Å². The first-order chi connectivity index (χ1) is 16.3. The number of halogens is 1. The normalized spacial score (nSPS) is 15.2. The molecule has 4 aromatic carbocycles. The molecule has 5 rings (SSSR count). The van der Waals surface area contributed by atoms with Crippen LogP contribution in [-0.4, -0.2) is 49.7 Å². The van der Waals surface area contributed by atoms with Crippen LogP contribution in [0, 0.1) is 0 Å². The lowest BCUT2D eigenvalue weighted by Crippen LogP contribution is -2.50. The summed E-state index contributed by atoms with van der Waals surface area (Å²) in [5.74, 6) is -0.0975. The minimum absolute atomic E-state index is 0.0975. The second-order valence-corrected chi connectivity index (χ2v) is 10.8. The van der Waals surface area contributed by atoms with Gasteiger partial charge in [-0.15, -0.1) is 0 Å². The molecule has 1 aliphatic heterocycles. The Labute approximate surface area is 203 Å². The molecule has 8 heteroatoms. The number of benzene rings is 4. The maximum Gasteiger partial charge on any atom is 0.253 e. The van der Waals surface area contributed by atoms with Crippen LogP contribution in [0.5, 0.6) is 0 Å². The van der Waals surface area contributed by atoms with Crippen molar-refractivity contribution in [1.29, 1.82) is 0 Å². The van der Waals surface area contributed by atoms with E-state index in [1.54, 1.807) is 35.2 Å². The summed E-state index contributed by atoms with van der Waals surface area (Å²) < 4.78 is 27.9. The van der Waals surface area contributed by atoms with Crippen molar-refractivity contribution in [1.82, 2.24) is 9.21 Å². The Morgan fingerprint density at radius 2 is 1.47 bits per heavy atom. The van der Waals surface area contributed by atoms with E-state index in [2.05, 4.69) is 0 Å². The Bertz CT molecular complexity index is 1510. The molecule has 0 aromatic heterocycles. The molecule has 0 spiro atoms. The zero-order valence-electron chi connectivity index (χ0n) is 18.4. The van der Waals surface area contributed by atoms with Gasteiger partial charge >= 0.3 is 0 Å². The lowest BCUT2D eigenvalue weighted by atomic mass is 10.0. The van der Waals surface area contributed by atoms with Crippen molar-refractivity contribution in [3.8, 4) is 0 Å². The first kappa shape index (κ1) is 22.8. The van der Waals surface area contributed by atoms with Gasteiger partial charge in [-0.25, -0.2) is 8.42 Å². The van der Waals surface area contributed by atoms with E-state index in [9.17, 15) is 13.2 Å². The quantitative estimate of drug-likeness (QED) is 0.460. The van der Waals surface area contributed by atoms with Gasteiger partial charge in [0.15, 0.2) is 0 Å². The average molecular weight is 494 g/mol. The van der Waals surface area contributed by atoms with Gasteiger partial charge in [-0.05, 0) is 69.6 Å². The Morgan fingerprint density at radius 3 is 2.24 bits per heavy atom. The minimum Gasteiger partial charge on any atom is -0.336 e.